The lowest BCUT2D eigenvalue weighted by Gasteiger charge is -2.14. The van der Waals surface area contributed by atoms with Crippen LogP contribution in [0.5, 0.6) is 11.5 Å². The van der Waals surface area contributed by atoms with Gasteiger partial charge in [0.2, 0.25) is 0 Å². The van der Waals surface area contributed by atoms with Crippen molar-refractivity contribution in [3.63, 3.8) is 0 Å². The van der Waals surface area contributed by atoms with Gasteiger partial charge in [-0.05, 0) is 81.2 Å². The molecule has 0 fully saturated rings. The van der Waals surface area contributed by atoms with Crippen LogP contribution >= 0.6 is 11.6 Å². The SMILES string of the molecule is N#C/C(=C\c1c(OCc2cccc3ccccc23)ccc2ccccc12)C(=O)Nc1ccc(OCc2ccc(Cl)cc2)cc1. The lowest BCUT2D eigenvalue weighted by Crippen LogP contribution is -2.13. The maximum atomic E-state index is 13.3. The van der Waals surface area contributed by atoms with Crippen LogP contribution in [0.25, 0.3) is 27.6 Å². The van der Waals surface area contributed by atoms with Crippen LogP contribution in [-0.4, -0.2) is 5.91 Å². The monoisotopic (exact) mass is 594 g/mol. The average molecular weight is 595 g/mol. The Labute approximate surface area is 260 Å². The van der Waals surface area contributed by atoms with Gasteiger partial charge in [0.25, 0.3) is 5.91 Å². The largest absolute Gasteiger partial charge is 0.489 e. The fourth-order valence-corrected chi connectivity index (χ4v) is 5.12. The van der Waals surface area contributed by atoms with Gasteiger partial charge in [0.05, 0.1) is 0 Å². The maximum absolute atomic E-state index is 13.3. The summed E-state index contributed by atoms with van der Waals surface area (Å²) in [6.07, 6.45) is 1.60. The number of ether oxygens (including phenoxy) is 2. The Bertz CT molecular complexity index is 2020. The Morgan fingerprint density at radius 1 is 0.727 bits per heavy atom. The van der Waals surface area contributed by atoms with Crippen LogP contribution < -0.4 is 14.8 Å². The zero-order chi connectivity index (χ0) is 30.3. The highest BCUT2D eigenvalue weighted by Gasteiger charge is 2.15. The van der Waals surface area contributed by atoms with Gasteiger partial charge in [-0.3, -0.25) is 4.79 Å². The first-order valence-electron chi connectivity index (χ1n) is 14.1. The molecule has 0 bridgehead atoms. The molecule has 0 heterocycles. The van der Waals surface area contributed by atoms with Crippen LogP contribution in [0, 0.1) is 11.3 Å². The summed E-state index contributed by atoms with van der Waals surface area (Å²) in [5, 5.41) is 17.6. The van der Waals surface area contributed by atoms with Crippen molar-refractivity contribution in [2.45, 2.75) is 13.2 Å². The second-order valence-corrected chi connectivity index (χ2v) is 10.6. The molecule has 5 nitrogen and oxygen atoms in total. The topological polar surface area (TPSA) is 71.3 Å². The number of anilines is 1. The molecule has 6 aromatic rings. The van der Waals surface area contributed by atoms with E-state index in [4.69, 9.17) is 21.1 Å². The third-order valence-electron chi connectivity index (χ3n) is 7.28. The lowest BCUT2D eigenvalue weighted by molar-refractivity contribution is -0.112. The molecule has 0 spiro atoms. The van der Waals surface area contributed by atoms with Crippen LogP contribution in [0.2, 0.25) is 5.02 Å². The second kappa shape index (κ2) is 13.2. The minimum Gasteiger partial charge on any atom is -0.489 e. The summed E-state index contributed by atoms with van der Waals surface area (Å²) in [5.74, 6) is 0.715. The number of hydrogen-bond acceptors (Lipinski definition) is 4. The molecule has 1 amide bonds. The quantitative estimate of drug-likeness (QED) is 0.134. The van der Waals surface area contributed by atoms with Crippen LogP contribution in [0.1, 0.15) is 16.7 Å². The molecule has 214 valence electrons. The van der Waals surface area contributed by atoms with E-state index in [1.54, 1.807) is 30.3 Å². The Morgan fingerprint density at radius 2 is 1.41 bits per heavy atom. The minimum atomic E-state index is -0.518. The van der Waals surface area contributed by atoms with Crippen molar-refractivity contribution >= 4 is 50.8 Å². The number of carbonyl (C=O) groups excluding carboxylic acids is 1. The average Bonchev–Trinajstić information content (AvgIpc) is 3.06. The van der Waals surface area contributed by atoms with Crippen molar-refractivity contribution in [2.75, 3.05) is 5.32 Å². The number of fused-ring (bicyclic) bond motifs is 2. The van der Waals surface area contributed by atoms with E-state index in [9.17, 15) is 10.1 Å². The summed E-state index contributed by atoms with van der Waals surface area (Å²) >= 11 is 5.95. The number of nitrogens with one attached hydrogen (secondary N) is 1. The molecule has 6 heteroatoms. The molecule has 0 atom stereocenters. The number of nitriles is 1. The summed E-state index contributed by atoms with van der Waals surface area (Å²) in [6, 6.07) is 42.5. The number of nitrogens with zero attached hydrogens (tertiary/aromatic N) is 1. The molecule has 0 saturated heterocycles. The molecule has 1 N–H and O–H groups in total. The van der Waals surface area contributed by atoms with Crippen LogP contribution in [0.3, 0.4) is 0 Å². The van der Waals surface area contributed by atoms with Gasteiger partial charge in [-0.25, -0.2) is 0 Å². The van der Waals surface area contributed by atoms with Gasteiger partial charge in [0, 0.05) is 16.3 Å². The van der Waals surface area contributed by atoms with Crippen molar-refractivity contribution in [2.24, 2.45) is 0 Å². The van der Waals surface area contributed by atoms with E-state index in [1.807, 2.05) is 84.9 Å². The van der Waals surface area contributed by atoms with Crippen LogP contribution in [0.4, 0.5) is 5.69 Å². The normalized spacial score (nSPS) is 11.2. The number of hydrogen-bond donors (Lipinski definition) is 1. The van der Waals surface area contributed by atoms with Gasteiger partial charge in [-0.15, -0.1) is 0 Å². The van der Waals surface area contributed by atoms with Crippen LogP contribution in [0.15, 0.2) is 133 Å². The molecular formula is C38H27ClN2O3. The van der Waals surface area contributed by atoms with Gasteiger partial charge < -0.3 is 14.8 Å². The van der Waals surface area contributed by atoms with E-state index in [-0.39, 0.29) is 5.57 Å². The van der Waals surface area contributed by atoms with E-state index in [2.05, 4.69) is 29.6 Å². The molecule has 0 aromatic heterocycles. The van der Waals surface area contributed by atoms with Crippen LogP contribution in [-0.2, 0) is 18.0 Å². The van der Waals surface area contributed by atoms with Gasteiger partial charge in [-0.1, -0.05) is 96.5 Å². The summed E-state index contributed by atoms with van der Waals surface area (Å²) in [7, 11) is 0. The van der Waals surface area contributed by atoms with Gasteiger partial charge in [0.1, 0.15) is 36.4 Å². The molecule has 0 aliphatic carbocycles. The summed E-state index contributed by atoms with van der Waals surface area (Å²) in [5.41, 5.74) is 3.20. The van der Waals surface area contributed by atoms with Crippen molar-refractivity contribution < 1.29 is 14.3 Å². The number of benzene rings is 6. The zero-order valence-electron chi connectivity index (χ0n) is 23.7. The molecule has 0 unspecified atom stereocenters. The van der Waals surface area contributed by atoms with E-state index in [0.29, 0.717) is 41.0 Å². The third-order valence-corrected chi connectivity index (χ3v) is 7.53. The Hall–Kier alpha value is -5.57. The van der Waals surface area contributed by atoms with E-state index < -0.39 is 5.91 Å². The van der Waals surface area contributed by atoms with E-state index in [0.717, 1.165) is 32.7 Å². The fraction of sp³-hybridized carbons (Fsp3) is 0.0526. The molecule has 44 heavy (non-hydrogen) atoms. The summed E-state index contributed by atoms with van der Waals surface area (Å²) in [4.78, 5) is 13.3. The lowest BCUT2D eigenvalue weighted by atomic mass is 10.0. The van der Waals surface area contributed by atoms with Crippen molar-refractivity contribution in [1.82, 2.24) is 0 Å². The standard InChI is InChI=1S/C38H27ClN2O3/c39-31-15-12-26(13-16-31)24-43-33-19-17-32(18-20-33)41-38(42)30(23-40)22-36-35-11-4-2-7-28(35)14-21-37(36)44-25-29-9-5-8-27-6-1-3-10-34(27)29/h1-22H,24-25H2,(H,41,42)/b30-22+. The van der Waals surface area contributed by atoms with E-state index >= 15 is 0 Å². The first kappa shape index (κ1) is 28.5. The predicted molar refractivity (Wildman–Crippen MR) is 177 cm³/mol. The summed E-state index contributed by atoms with van der Waals surface area (Å²) in [6.45, 7) is 0.723. The highest BCUT2D eigenvalue weighted by atomic mass is 35.5. The van der Waals surface area contributed by atoms with Crippen molar-refractivity contribution in [3.8, 4) is 17.6 Å². The Kier molecular flexibility index (Phi) is 8.54. The zero-order valence-corrected chi connectivity index (χ0v) is 24.4. The molecule has 6 rings (SSSR count). The minimum absolute atomic E-state index is 0.0422. The highest BCUT2D eigenvalue weighted by Crippen LogP contribution is 2.32. The Morgan fingerprint density at radius 3 is 2.16 bits per heavy atom. The number of rotatable bonds is 9. The van der Waals surface area contributed by atoms with Crippen molar-refractivity contribution in [1.29, 1.82) is 5.26 Å². The summed E-state index contributed by atoms with van der Waals surface area (Å²) < 4.78 is 12.2. The number of amides is 1. The van der Waals surface area contributed by atoms with Gasteiger partial charge in [0.15, 0.2) is 0 Å². The Balaban J connectivity index is 1.21. The highest BCUT2D eigenvalue weighted by molar-refractivity contribution is 6.30. The maximum Gasteiger partial charge on any atom is 0.266 e. The van der Waals surface area contributed by atoms with Gasteiger partial charge >= 0.3 is 0 Å². The molecule has 0 aliphatic heterocycles. The first-order valence-corrected chi connectivity index (χ1v) is 14.5. The molecule has 6 aromatic carbocycles. The van der Waals surface area contributed by atoms with Gasteiger partial charge in [-0.2, -0.15) is 5.26 Å². The first-order chi connectivity index (χ1) is 21.6. The molecule has 0 saturated carbocycles. The van der Waals surface area contributed by atoms with Crippen molar-refractivity contribution in [3.05, 3.63) is 155 Å². The van der Waals surface area contributed by atoms with E-state index in [1.165, 1.54) is 0 Å². The number of halogens is 1. The molecule has 0 aliphatic rings. The second-order valence-electron chi connectivity index (χ2n) is 10.2. The smallest absolute Gasteiger partial charge is 0.266 e. The molecule has 0 radical (unpaired) electrons. The predicted octanol–water partition coefficient (Wildman–Crippen LogP) is 9.35. The fourth-order valence-electron chi connectivity index (χ4n) is 5.00. The molecular weight excluding hydrogens is 568 g/mol. The number of carbonyl (C=O) groups is 1. The third kappa shape index (κ3) is 6.57.